The van der Waals surface area contributed by atoms with E-state index in [1.165, 1.54) is 4.90 Å². The van der Waals surface area contributed by atoms with Gasteiger partial charge in [0.25, 0.3) is 0 Å². The number of benzene rings is 1. The van der Waals surface area contributed by atoms with Gasteiger partial charge in [-0.15, -0.1) is 0 Å². The lowest BCUT2D eigenvalue weighted by atomic mass is 9.95. The molecule has 0 aromatic heterocycles. The molecule has 1 aromatic carbocycles. The Morgan fingerprint density at radius 1 is 1.14 bits per heavy atom. The van der Waals surface area contributed by atoms with Gasteiger partial charge in [-0.25, -0.2) is 0 Å². The number of methoxy groups -OCH3 is 2. The molecule has 2 heterocycles. The summed E-state index contributed by atoms with van der Waals surface area (Å²) in [5.74, 6) is 0.540. The van der Waals surface area contributed by atoms with E-state index in [4.69, 9.17) is 15.2 Å². The van der Waals surface area contributed by atoms with Gasteiger partial charge in [0, 0.05) is 12.5 Å². The second-order valence-corrected chi connectivity index (χ2v) is 7.26. The number of nitrogens with two attached hydrogens (primary N) is 1. The van der Waals surface area contributed by atoms with Crippen molar-refractivity contribution in [2.45, 2.75) is 31.7 Å². The van der Waals surface area contributed by atoms with Crippen molar-refractivity contribution in [3.05, 3.63) is 23.8 Å². The van der Waals surface area contributed by atoms with Crippen LogP contribution in [-0.4, -0.2) is 67.4 Å². The van der Waals surface area contributed by atoms with Crippen LogP contribution >= 0.6 is 0 Å². The molecular formula is C20H27N3O5. The van der Waals surface area contributed by atoms with E-state index in [1.54, 1.807) is 14.2 Å². The van der Waals surface area contributed by atoms with Crippen LogP contribution in [0.2, 0.25) is 0 Å². The number of ether oxygens (including phenoxy) is 2. The summed E-state index contributed by atoms with van der Waals surface area (Å²) in [6, 6.07) is 5.15. The van der Waals surface area contributed by atoms with Gasteiger partial charge in [0.2, 0.25) is 17.7 Å². The maximum absolute atomic E-state index is 12.8. The lowest BCUT2D eigenvalue weighted by Gasteiger charge is -2.33. The van der Waals surface area contributed by atoms with Crippen LogP contribution in [0.15, 0.2) is 18.2 Å². The molecule has 2 aliphatic rings. The SMILES string of the molecule is COc1ccc(CCN2C(=O)C[C@H](N3CCC(C(N)=O)CC3)C2=O)cc1OC. The minimum atomic E-state index is -0.424. The number of carbonyl (C=O) groups is 3. The molecule has 0 bridgehead atoms. The predicted octanol–water partition coefficient (Wildman–Crippen LogP) is 0.571. The summed E-state index contributed by atoms with van der Waals surface area (Å²) in [6.07, 6.45) is 2.03. The topological polar surface area (TPSA) is 102 Å². The van der Waals surface area contributed by atoms with E-state index in [9.17, 15) is 14.4 Å². The van der Waals surface area contributed by atoms with Crippen molar-refractivity contribution in [2.24, 2.45) is 11.7 Å². The summed E-state index contributed by atoms with van der Waals surface area (Å²) in [7, 11) is 3.15. The van der Waals surface area contributed by atoms with Crippen molar-refractivity contribution >= 4 is 17.7 Å². The van der Waals surface area contributed by atoms with Gasteiger partial charge in [-0.2, -0.15) is 0 Å². The van der Waals surface area contributed by atoms with E-state index in [2.05, 4.69) is 0 Å². The Kier molecular flexibility index (Phi) is 6.18. The van der Waals surface area contributed by atoms with Crippen molar-refractivity contribution in [1.82, 2.24) is 9.80 Å². The summed E-state index contributed by atoms with van der Waals surface area (Å²) in [5, 5.41) is 0. The number of primary amides is 1. The average molecular weight is 389 g/mol. The molecule has 2 saturated heterocycles. The van der Waals surface area contributed by atoms with Crippen LogP contribution in [-0.2, 0) is 20.8 Å². The lowest BCUT2D eigenvalue weighted by molar-refractivity contribution is -0.139. The van der Waals surface area contributed by atoms with Crippen LogP contribution in [0.3, 0.4) is 0 Å². The van der Waals surface area contributed by atoms with E-state index < -0.39 is 6.04 Å². The van der Waals surface area contributed by atoms with Crippen LogP contribution in [0.25, 0.3) is 0 Å². The van der Waals surface area contributed by atoms with Crippen LogP contribution < -0.4 is 15.2 Å². The van der Waals surface area contributed by atoms with Crippen LogP contribution in [0, 0.1) is 5.92 Å². The molecule has 28 heavy (non-hydrogen) atoms. The highest BCUT2D eigenvalue weighted by atomic mass is 16.5. The normalized spacial score (nSPS) is 21.2. The van der Waals surface area contributed by atoms with E-state index in [-0.39, 0.29) is 30.1 Å². The van der Waals surface area contributed by atoms with Gasteiger partial charge in [0.1, 0.15) is 0 Å². The molecular weight excluding hydrogens is 362 g/mol. The number of piperidine rings is 1. The third kappa shape index (κ3) is 4.11. The molecule has 2 aliphatic heterocycles. The number of rotatable bonds is 7. The Balaban J connectivity index is 1.59. The fourth-order valence-electron chi connectivity index (χ4n) is 3.96. The quantitative estimate of drug-likeness (QED) is 0.684. The fourth-order valence-corrected chi connectivity index (χ4v) is 3.96. The number of hydrogen-bond donors (Lipinski definition) is 1. The number of hydrogen-bond acceptors (Lipinski definition) is 6. The predicted molar refractivity (Wildman–Crippen MR) is 102 cm³/mol. The summed E-state index contributed by atoms with van der Waals surface area (Å²) in [6.45, 7) is 1.56. The first-order valence-electron chi connectivity index (χ1n) is 9.53. The first-order valence-corrected chi connectivity index (χ1v) is 9.53. The van der Waals surface area contributed by atoms with Gasteiger partial charge in [-0.3, -0.25) is 24.2 Å². The molecule has 3 rings (SSSR count). The van der Waals surface area contributed by atoms with E-state index in [0.29, 0.717) is 50.4 Å². The maximum atomic E-state index is 12.8. The zero-order valence-corrected chi connectivity index (χ0v) is 16.3. The molecule has 8 nitrogen and oxygen atoms in total. The Hall–Kier alpha value is -2.61. The minimum Gasteiger partial charge on any atom is -0.493 e. The van der Waals surface area contributed by atoms with Crippen LogP contribution in [0.1, 0.15) is 24.8 Å². The summed E-state index contributed by atoms with van der Waals surface area (Å²) in [5.41, 5.74) is 6.33. The molecule has 152 valence electrons. The number of nitrogens with zero attached hydrogens (tertiary/aromatic N) is 2. The van der Waals surface area contributed by atoms with Gasteiger partial charge < -0.3 is 15.2 Å². The fraction of sp³-hybridized carbons (Fsp3) is 0.550. The zero-order chi connectivity index (χ0) is 20.3. The van der Waals surface area contributed by atoms with E-state index >= 15 is 0 Å². The Morgan fingerprint density at radius 2 is 1.82 bits per heavy atom. The molecule has 0 unspecified atom stereocenters. The largest absolute Gasteiger partial charge is 0.493 e. The molecule has 2 fully saturated rings. The standard InChI is InChI=1S/C20H27N3O5/c1-27-16-4-3-13(11-17(16)28-2)5-10-23-18(24)12-15(20(23)26)22-8-6-14(7-9-22)19(21)25/h3-4,11,14-15H,5-10,12H2,1-2H3,(H2,21,25)/t15-/m0/s1. The number of amides is 3. The second kappa shape index (κ2) is 8.60. The Bertz CT molecular complexity index is 758. The van der Waals surface area contributed by atoms with Crippen LogP contribution in [0.5, 0.6) is 11.5 Å². The van der Waals surface area contributed by atoms with Crippen molar-refractivity contribution in [3.8, 4) is 11.5 Å². The second-order valence-electron chi connectivity index (χ2n) is 7.26. The van der Waals surface area contributed by atoms with Gasteiger partial charge >= 0.3 is 0 Å². The first-order chi connectivity index (χ1) is 13.4. The van der Waals surface area contributed by atoms with Gasteiger partial charge in [0.15, 0.2) is 11.5 Å². The first kappa shape index (κ1) is 20.1. The van der Waals surface area contributed by atoms with Crippen molar-refractivity contribution in [3.63, 3.8) is 0 Å². The number of imide groups is 1. The van der Waals surface area contributed by atoms with Gasteiger partial charge in [-0.1, -0.05) is 6.07 Å². The Morgan fingerprint density at radius 3 is 2.43 bits per heavy atom. The zero-order valence-electron chi connectivity index (χ0n) is 16.3. The maximum Gasteiger partial charge on any atom is 0.247 e. The molecule has 2 N–H and O–H groups in total. The number of likely N-dealkylation sites (tertiary alicyclic amines) is 2. The van der Waals surface area contributed by atoms with Crippen molar-refractivity contribution in [1.29, 1.82) is 0 Å². The molecule has 1 aromatic rings. The third-order valence-corrected chi connectivity index (χ3v) is 5.66. The highest BCUT2D eigenvalue weighted by Crippen LogP contribution is 2.29. The monoisotopic (exact) mass is 389 g/mol. The minimum absolute atomic E-state index is 0.135. The van der Waals surface area contributed by atoms with Crippen molar-refractivity contribution in [2.75, 3.05) is 33.9 Å². The van der Waals surface area contributed by atoms with Gasteiger partial charge in [-0.05, 0) is 50.0 Å². The molecule has 0 radical (unpaired) electrons. The highest BCUT2D eigenvalue weighted by Gasteiger charge is 2.42. The van der Waals surface area contributed by atoms with Crippen molar-refractivity contribution < 1.29 is 23.9 Å². The van der Waals surface area contributed by atoms with E-state index in [0.717, 1.165) is 5.56 Å². The molecule has 1 atom stereocenters. The van der Waals surface area contributed by atoms with Crippen LogP contribution in [0.4, 0.5) is 0 Å². The molecule has 0 spiro atoms. The highest BCUT2D eigenvalue weighted by molar-refractivity contribution is 6.05. The lowest BCUT2D eigenvalue weighted by Crippen LogP contribution is -2.47. The molecule has 0 aliphatic carbocycles. The molecule has 3 amide bonds. The molecule has 0 saturated carbocycles. The molecule has 8 heteroatoms. The third-order valence-electron chi connectivity index (χ3n) is 5.66. The average Bonchev–Trinajstić information content (AvgIpc) is 2.99. The Labute approximate surface area is 164 Å². The summed E-state index contributed by atoms with van der Waals surface area (Å²) < 4.78 is 10.5. The van der Waals surface area contributed by atoms with E-state index in [1.807, 2.05) is 23.1 Å². The summed E-state index contributed by atoms with van der Waals surface area (Å²) >= 11 is 0. The van der Waals surface area contributed by atoms with Gasteiger partial charge in [0.05, 0.1) is 26.7 Å². The summed E-state index contributed by atoms with van der Waals surface area (Å²) in [4.78, 5) is 39.9. The number of carbonyl (C=O) groups excluding carboxylic acids is 3. The smallest absolute Gasteiger partial charge is 0.247 e.